The quantitative estimate of drug-likeness (QED) is 0.672. The number of rotatable bonds is 7. The summed E-state index contributed by atoms with van der Waals surface area (Å²) < 4.78 is 34.4. The van der Waals surface area contributed by atoms with E-state index in [2.05, 4.69) is 11.9 Å². The number of methoxy groups -OCH3 is 1. The highest BCUT2D eigenvalue weighted by Crippen LogP contribution is 2.32. The van der Waals surface area contributed by atoms with Crippen LogP contribution in [-0.4, -0.2) is 81.5 Å². The third-order valence-electron chi connectivity index (χ3n) is 4.86. The third kappa shape index (κ3) is 4.43. The van der Waals surface area contributed by atoms with Crippen LogP contribution in [0.5, 0.6) is 0 Å². The van der Waals surface area contributed by atoms with Crippen LogP contribution < -0.4 is 0 Å². The number of nitrogens with zero attached hydrogens (tertiary/aromatic N) is 4. The molecule has 132 valence electrons. The summed E-state index contributed by atoms with van der Waals surface area (Å²) in [7, 11) is 0.118. The van der Waals surface area contributed by atoms with Crippen molar-refractivity contribution in [3.63, 3.8) is 0 Å². The van der Waals surface area contributed by atoms with Crippen molar-refractivity contribution in [3.8, 4) is 6.07 Å². The van der Waals surface area contributed by atoms with Crippen molar-refractivity contribution in [1.82, 2.24) is 13.5 Å². The summed E-state index contributed by atoms with van der Waals surface area (Å²) in [6.07, 6.45) is 3.09. The van der Waals surface area contributed by atoms with E-state index >= 15 is 0 Å². The first-order chi connectivity index (χ1) is 11.0. The Balaban J connectivity index is 2.15. The number of nitriles is 1. The molecule has 2 saturated heterocycles. The molecule has 2 aliphatic heterocycles. The number of likely N-dealkylation sites (tertiary alicyclic amines) is 1. The Bertz CT molecular complexity index is 519. The molecule has 0 saturated carbocycles. The normalized spacial score (nSPS) is 26.9. The maximum Gasteiger partial charge on any atom is 0.282 e. The second kappa shape index (κ2) is 8.40. The fraction of sp³-hybridized carbons (Fsp3) is 0.933. The van der Waals surface area contributed by atoms with E-state index in [1.54, 1.807) is 11.4 Å². The van der Waals surface area contributed by atoms with Gasteiger partial charge in [0.2, 0.25) is 0 Å². The summed E-state index contributed by atoms with van der Waals surface area (Å²) in [5.41, 5.74) is 0. The summed E-state index contributed by atoms with van der Waals surface area (Å²) in [6, 6.07) is 2.13. The molecule has 7 nitrogen and oxygen atoms in total. The predicted octanol–water partition coefficient (Wildman–Crippen LogP) is 0.509. The minimum absolute atomic E-state index is 0.0945. The molecule has 2 rings (SSSR count). The van der Waals surface area contributed by atoms with Crippen molar-refractivity contribution >= 4 is 10.2 Å². The van der Waals surface area contributed by atoms with Gasteiger partial charge in [-0.25, -0.2) is 0 Å². The first kappa shape index (κ1) is 18.6. The summed E-state index contributed by atoms with van der Waals surface area (Å²) in [5.74, 6) is 0.414. The topological polar surface area (TPSA) is 76.9 Å². The molecule has 0 aliphatic carbocycles. The lowest BCUT2D eigenvalue weighted by Gasteiger charge is -2.46. The van der Waals surface area contributed by atoms with Crippen LogP contribution >= 0.6 is 0 Å². The fourth-order valence-electron chi connectivity index (χ4n) is 3.68. The molecule has 0 bridgehead atoms. The average Bonchev–Trinajstić information content (AvgIpc) is 2.53. The van der Waals surface area contributed by atoms with Crippen LogP contribution in [-0.2, 0) is 14.9 Å². The molecular weight excluding hydrogens is 316 g/mol. The molecule has 0 aromatic carbocycles. The van der Waals surface area contributed by atoms with Gasteiger partial charge in [-0.2, -0.15) is 22.3 Å². The first-order valence-corrected chi connectivity index (χ1v) is 9.71. The molecule has 23 heavy (non-hydrogen) atoms. The monoisotopic (exact) mass is 344 g/mol. The van der Waals surface area contributed by atoms with E-state index in [9.17, 15) is 8.42 Å². The number of hydrogen-bond donors (Lipinski definition) is 0. The van der Waals surface area contributed by atoms with Crippen LogP contribution in [0, 0.1) is 17.2 Å². The van der Waals surface area contributed by atoms with Crippen LogP contribution in [0.15, 0.2) is 0 Å². The highest BCUT2D eigenvalue weighted by Gasteiger charge is 2.42. The van der Waals surface area contributed by atoms with Gasteiger partial charge >= 0.3 is 0 Å². The van der Waals surface area contributed by atoms with Crippen molar-refractivity contribution in [2.24, 2.45) is 5.92 Å². The van der Waals surface area contributed by atoms with E-state index < -0.39 is 10.2 Å². The van der Waals surface area contributed by atoms with Crippen LogP contribution in [0.3, 0.4) is 0 Å². The fourth-order valence-corrected chi connectivity index (χ4v) is 5.59. The van der Waals surface area contributed by atoms with E-state index in [0.717, 1.165) is 32.4 Å². The number of fused-ring (bicyclic) bond motifs is 1. The molecule has 0 unspecified atom stereocenters. The minimum atomic E-state index is -3.54. The Morgan fingerprint density at radius 1 is 1.30 bits per heavy atom. The van der Waals surface area contributed by atoms with Gasteiger partial charge in [0.1, 0.15) is 0 Å². The molecule has 0 aromatic heterocycles. The Hall–Kier alpha value is -0.720. The predicted molar refractivity (Wildman–Crippen MR) is 87.9 cm³/mol. The van der Waals surface area contributed by atoms with Crippen LogP contribution in [0.1, 0.15) is 25.7 Å². The van der Waals surface area contributed by atoms with Crippen molar-refractivity contribution in [1.29, 1.82) is 5.26 Å². The second-order valence-corrected chi connectivity index (χ2v) is 8.32. The molecule has 0 amide bonds. The summed E-state index contributed by atoms with van der Waals surface area (Å²) in [5, 5.41) is 8.81. The smallest absolute Gasteiger partial charge is 0.282 e. The molecule has 2 fully saturated rings. The number of ether oxygens (including phenoxy) is 1. The average molecular weight is 344 g/mol. The van der Waals surface area contributed by atoms with Gasteiger partial charge < -0.3 is 9.64 Å². The van der Waals surface area contributed by atoms with E-state index in [0.29, 0.717) is 25.6 Å². The zero-order valence-electron chi connectivity index (χ0n) is 14.1. The van der Waals surface area contributed by atoms with Crippen molar-refractivity contribution in [2.75, 3.05) is 53.5 Å². The van der Waals surface area contributed by atoms with Gasteiger partial charge in [0.25, 0.3) is 10.2 Å². The Morgan fingerprint density at radius 3 is 2.78 bits per heavy atom. The maximum atomic E-state index is 13.1. The standard InChI is InChI=1S/C15H28N4O3S/c1-17-10-6-15-14(13-17)5-3-9-19(15)23(20,21)18(8-4-7-16)11-12-22-2/h14-15H,3-6,8-13H2,1-2H3/t14-,15+/m0/s1. The molecule has 0 spiro atoms. The van der Waals surface area contributed by atoms with E-state index in [4.69, 9.17) is 10.00 Å². The van der Waals surface area contributed by atoms with Crippen LogP contribution in [0.25, 0.3) is 0 Å². The molecular formula is C15H28N4O3S. The lowest BCUT2D eigenvalue weighted by Crippen LogP contribution is -2.58. The van der Waals surface area contributed by atoms with Crippen molar-refractivity contribution in [2.45, 2.75) is 31.7 Å². The SMILES string of the molecule is COCCN(CCC#N)S(=O)(=O)N1CCC[C@H]2CN(C)CC[C@H]21. The zero-order chi connectivity index (χ0) is 16.9. The highest BCUT2D eigenvalue weighted by molar-refractivity contribution is 7.86. The van der Waals surface area contributed by atoms with Gasteiger partial charge in [0.15, 0.2) is 0 Å². The summed E-state index contributed by atoms with van der Waals surface area (Å²) in [6.45, 7) is 3.36. The molecule has 0 radical (unpaired) electrons. The van der Waals surface area contributed by atoms with Gasteiger partial charge in [-0.3, -0.25) is 0 Å². The van der Waals surface area contributed by atoms with Crippen molar-refractivity contribution in [3.05, 3.63) is 0 Å². The van der Waals surface area contributed by atoms with E-state index in [1.165, 1.54) is 4.31 Å². The largest absolute Gasteiger partial charge is 0.383 e. The molecule has 0 aromatic rings. The molecule has 8 heteroatoms. The van der Waals surface area contributed by atoms with E-state index in [1.807, 2.05) is 6.07 Å². The highest BCUT2D eigenvalue weighted by atomic mass is 32.2. The Labute approximate surface area is 140 Å². The van der Waals surface area contributed by atoms with Gasteiger partial charge in [-0.05, 0) is 38.8 Å². The Kier molecular flexibility index (Phi) is 6.80. The summed E-state index contributed by atoms with van der Waals surface area (Å²) >= 11 is 0. The molecule has 2 heterocycles. The molecule has 2 aliphatic rings. The third-order valence-corrected chi connectivity index (χ3v) is 6.92. The van der Waals surface area contributed by atoms with E-state index in [-0.39, 0.29) is 19.0 Å². The van der Waals surface area contributed by atoms with Gasteiger partial charge in [-0.15, -0.1) is 0 Å². The number of piperidine rings is 2. The minimum Gasteiger partial charge on any atom is -0.383 e. The lowest BCUT2D eigenvalue weighted by atomic mass is 9.86. The van der Waals surface area contributed by atoms with Gasteiger partial charge in [0.05, 0.1) is 12.7 Å². The first-order valence-electron chi connectivity index (χ1n) is 8.32. The Morgan fingerprint density at radius 2 is 2.09 bits per heavy atom. The second-order valence-electron chi connectivity index (χ2n) is 6.44. The molecule has 2 atom stereocenters. The summed E-state index contributed by atoms with van der Waals surface area (Å²) in [4.78, 5) is 2.29. The van der Waals surface area contributed by atoms with Crippen LogP contribution in [0.4, 0.5) is 0 Å². The zero-order valence-corrected chi connectivity index (χ0v) is 15.0. The van der Waals surface area contributed by atoms with Crippen LogP contribution in [0.2, 0.25) is 0 Å². The molecule has 0 N–H and O–H groups in total. The van der Waals surface area contributed by atoms with Gasteiger partial charge in [-0.1, -0.05) is 0 Å². The maximum absolute atomic E-state index is 13.1. The van der Waals surface area contributed by atoms with Crippen molar-refractivity contribution < 1.29 is 13.2 Å². The van der Waals surface area contributed by atoms with Gasteiger partial charge in [0, 0.05) is 45.8 Å². The number of hydrogen-bond acceptors (Lipinski definition) is 5. The lowest BCUT2D eigenvalue weighted by molar-refractivity contribution is 0.0765.